The van der Waals surface area contributed by atoms with Crippen molar-refractivity contribution in [2.24, 2.45) is 5.92 Å². The summed E-state index contributed by atoms with van der Waals surface area (Å²) >= 11 is 0. The number of hydrogen-bond donors (Lipinski definition) is 1. The van der Waals surface area contributed by atoms with Crippen LogP contribution >= 0.6 is 0 Å². The summed E-state index contributed by atoms with van der Waals surface area (Å²) in [6.07, 6.45) is -0.491. The minimum atomic E-state index is -2.58. The molecule has 1 saturated carbocycles. The first-order chi connectivity index (χ1) is 7.98. The number of hydrogen-bond acceptors (Lipinski definition) is 1. The normalized spacial score (nSPS) is 22.4. The highest BCUT2D eigenvalue weighted by molar-refractivity contribution is 5.19. The third-order valence-electron chi connectivity index (χ3n) is 3.42. The van der Waals surface area contributed by atoms with E-state index in [1.165, 1.54) is 24.3 Å². The molecule has 1 N–H and O–H groups in total. The molecule has 17 heavy (non-hydrogen) atoms. The highest BCUT2D eigenvalue weighted by Gasteiger charge is 2.37. The molecule has 0 spiro atoms. The van der Waals surface area contributed by atoms with Gasteiger partial charge in [-0.1, -0.05) is 12.1 Å². The SMILES string of the molecule is OC(c1ccc(F)cc1)C1CCC(F)(F)CC1. The molecular formula is C13H15F3O. The van der Waals surface area contributed by atoms with Crippen LogP contribution < -0.4 is 0 Å². The molecule has 1 aliphatic rings. The molecule has 0 bridgehead atoms. The van der Waals surface area contributed by atoms with Crippen molar-refractivity contribution >= 4 is 0 Å². The Bertz CT molecular complexity index is 365. The topological polar surface area (TPSA) is 20.2 Å². The van der Waals surface area contributed by atoms with E-state index in [1.54, 1.807) is 0 Å². The van der Waals surface area contributed by atoms with Crippen LogP contribution in [0.15, 0.2) is 24.3 Å². The fourth-order valence-electron chi connectivity index (χ4n) is 2.31. The average molecular weight is 244 g/mol. The number of rotatable bonds is 2. The smallest absolute Gasteiger partial charge is 0.248 e. The largest absolute Gasteiger partial charge is 0.388 e. The van der Waals surface area contributed by atoms with Crippen LogP contribution in [0.25, 0.3) is 0 Å². The molecule has 1 aromatic carbocycles. The minimum Gasteiger partial charge on any atom is -0.388 e. The van der Waals surface area contributed by atoms with Crippen molar-refractivity contribution in [1.82, 2.24) is 0 Å². The van der Waals surface area contributed by atoms with Crippen molar-refractivity contribution in [3.05, 3.63) is 35.6 Å². The number of benzene rings is 1. The lowest BCUT2D eigenvalue weighted by molar-refractivity contribution is -0.0627. The van der Waals surface area contributed by atoms with Gasteiger partial charge in [0.1, 0.15) is 5.82 Å². The van der Waals surface area contributed by atoms with Crippen LogP contribution in [-0.2, 0) is 0 Å². The summed E-state index contributed by atoms with van der Waals surface area (Å²) in [5, 5.41) is 10.0. The van der Waals surface area contributed by atoms with E-state index < -0.39 is 12.0 Å². The zero-order valence-electron chi connectivity index (χ0n) is 9.37. The Morgan fingerprint density at radius 3 is 2.18 bits per heavy atom. The van der Waals surface area contributed by atoms with E-state index >= 15 is 0 Å². The summed E-state index contributed by atoms with van der Waals surface area (Å²) < 4.78 is 38.6. The van der Waals surface area contributed by atoms with Crippen LogP contribution in [0.2, 0.25) is 0 Å². The first-order valence-corrected chi connectivity index (χ1v) is 5.79. The van der Waals surface area contributed by atoms with Crippen molar-refractivity contribution in [2.75, 3.05) is 0 Å². The maximum absolute atomic E-state index is 13.0. The Hall–Kier alpha value is -1.03. The van der Waals surface area contributed by atoms with Crippen molar-refractivity contribution in [3.63, 3.8) is 0 Å². The Balaban J connectivity index is 2.01. The molecule has 0 aromatic heterocycles. The van der Waals surface area contributed by atoms with Gasteiger partial charge in [-0.25, -0.2) is 13.2 Å². The molecule has 4 heteroatoms. The van der Waals surface area contributed by atoms with E-state index in [4.69, 9.17) is 0 Å². The molecule has 0 aliphatic heterocycles. The van der Waals surface area contributed by atoms with Crippen molar-refractivity contribution in [2.45, 2.75) is 37.7 Å². The zero-order chi connectivity index (χ0) is 12.5. The van der Waals surface area contributed by atoms with Gasteiger partial charge in [-0.15, -0.1) is 0 Å². The van der Waals surface area contributed by atoms with Gasteiger partial charge in [0.15, 0.2) is 0 Å². The molecule has 0 saturated heterocycles. The molecule has 94 valence electrons. The molecular weight excluding hydrogens is 229 g/mol. The second-order valence-corrected chi connectivity index (χ2v) is 4.69. The number of halogens is 3. The fraction of sp³-hybridized carbons (Fsp3) is 0.538. The van der Waals surface area contributed by atoms with Gasteiger partial charge in [0.2, 0.25) is 5.92 Å². The van der Waals surface area contributed by atoms with Gasteiger partial charge in [0, 0.05) is 12.8 Å². The fourth-order valence-corrected chi connectivity index (χ4v) is 2.31. The Morgan fingerprint density at radius 2 is 1.65 bits per heavy atom. The van der Waals surface area contributed by atoms with E-state index in [2.05, 4.69) is 0 Å². The Kier molecular flexibility index (Phi) is 3.43. The lowest BCUT2D eigenvalue weighted by Gasteiger charge is -2.31. The van der Waals surface area contributed by atoms with Gasteiger partial charge < -0.3 is 5.11 Å². The molecule has 1 unspecified atom stereocenters. The van der Waals surface area contributed by atoms with Crippen molar-refractivity contribution in [1.29, 1.82) is 0 Å². The predicted molar refractivity (Wildman–Crippen MR) is 58.3 cm³/mol. The van der Waals surface area contributed by atoms with Crippen LogP contribution in [0, 0.1) is 11.7 Å². The molecule has 2 rings (SSSR count). The molecule has 0 amide bonds. The number of aliphatic hydroxyl groups is 1. The second kappa shape index (κ2) is 4.69. The van der Waals surface area contributed by atoms with Crippen LogP contribution in [0.1, 0.15) is 37.4 Å². The average Bonchev–Trinajstić information content (AvgIpc) is 2.29. The maximum atomic E-state index is 13.0. The van der Waals surface area contributed by atoms with Crippen molar-refractivity contribution in [3.8, 4) is 0 Å². The van der Waals surface area contributed by atoms with E-state index in [0.717, 1.165) is 0 Å². The Morgan fingerprint density at radius 1 is 1.12 bits per heavy atom. The molecule has 1 aromatic rings. The molecule has 1 fully saturated rings. The lowest BCUT2D eigenvalue weighted by Crippen LogP contribution is -2.27. The van der Waals surface area contributed by atoms with Gasteiger partial charge in [-0.3, -0.25) is 0 Å². The van der Waals surface area contributed by atoms with Crippen LogP contribution in [0.3, 0.4) is 0 Å². The van der Waals surface area contributed by atoms with Gasteiger partial charge in [0.05, 0.1) is 6.10 Å². The summed E-state index contributed by atoms with van der Waals surface area (Å²) in [7, 11) is 0. The quantitative estimate of drug-likeness (QED) is 0.841. The zero-order valence-corrected chi connectivity index (χ0v) is 9.37. The van der Waals surface area contributed by atoms with Crippen LogP contribution in [0.4, 0.5) is 13.2 Å². The molecule has 0 heterocycles. The summed E-state index contributed by atoms with van der Waals surface area (Å²) in [6, 6.07) is 5.56. The van der Waals surface area contributed by atoms with Crippen molar-refractivity contribution < 1.29 is 18.3 Å². The lowest BCUT2D eigenvalue weighted by atomic mass is 9.81. The summed E-state index contributed by atoms with van der Waals surface area (Å²) in [6.45, 7) is 0. The van der Waals surface area contributed by atoms with E-state index in [-0.39, 0.29) is 24.6 Å². The van der Waals surface area contributed by atoms with Gasteiger partial charge in [0.25, 0.3) is 0 Å². The van der Waals surface area contributed by atoms with E-state index in [0.29, 0.717) is 18.4 Å². The molecule has 1 aliphatic carbocycles. The maximum Gasteiger partial charge on any atom is 0.248 e. The second-order valence-electron chi connectivity index (χ2n) is 4.69. The monoisotopic (exact) mass is 244 g/mol. The number of aliphatic hydroxyl groups excluding tert-OH is 1. The minimum absolute atomic E-state index is 0.153. The Labute approximate surface area is 98.3 Å². The predicted octanol–water partition coefficient (Wildman–Crippen LogP) is 3.68. The summed E-state index contributed by atoms with van der Waals surface area (Å²) in [5.74, 6) is -3.10. The first-order valence-electron chi connectivity index (χ1n) is 5.79. The standard InChI is InChI=1S/C13H15F3O/c14-11-3-1-9(2-4-11)12(17)10-5-7-13(15,16)8-6-10/h1-4,10,12,17H,5-8H2. The summed E-state index contributed by atoms with van der Waals surface area (Å²) in [5.41, 5.74) is 0.599. The first kappa shape index (κ1) is 12.4. The van der Waals surface area contributed by atoms with E-state index in [9.17, 15) is 18.3 Å². The van der Waals surface area contributed by atoms with E-state index in [1.807, 2.05) is 0 Å². The van der Waals surface area contributed by atoms with Crippen LogP contribution in [0.5, 0.6) is 0 Å². The van der Waals surface area contributed by atoms with Gasteiger partial charge in [-0.2, -0.15) is 0 Å². The summed E-state index contributed by atoms with van der Waals surface area (Å²) in [4.78, 5) is 0. The molecule has 0 radical (unpaired) electrons. The van der Waals surface area contributed by atoms with Crippen LogP contribution in [-0.4, -0.2) is 11.0 Å². The van der Waals surface area contributed by atoms with Gasteiger partial charge >= 0.3 is 0 Å². The highest BCUT2D eigenvalue weighted by Crippen LogP contribution is 2.41. The third kappa shape index (κ3) is 3.00. The third-order valence-corrected chi connectivity index (χ3v) is 3.42. The molecule has 1 atom stereocenters. The van der Waals surface area contributed by atoms with Gasteiger partial charge in [-0.05, 0) is 36.5 Å². The highest BCUT2D eigenvalue weighted by atomic mass is 19.3. The molecule has 1 nitrogen and oxygen atoms in total. The number of alkyl halides is 2.